The number of ether oxygens (including phenoxy) is 1. The molecule has 2 rings (SSSR count). The molecule has 0 aliphatic carbocycles. The summed E-state index contributed by atoms with van der Waals surface area (Å²) in [4.78, 5) is 19.9. The van der Waals surface area contributed by atoms with Crippen LogP contribution in [0.3, 0.4) is 0 Å². The molecule has 21 heavy (non-hydrogen) atoms. The van der Waals surface area contributed by atoms with E-state index in [4.69, 9.17) is 4.74 Å². The van der Waals surface area contributed by atoms with Gasteiger partial charge < -0.3 is 10.1 Å². The van der Waals surface area contributed by atoms with E-state index >= 15 is 0 Å². The van der Waals surface area contributed by atoms with Crippen molar-refractivity contribution >= 4 is 11.6 Å². The molecule has 0 aliphatic rings. The van der Waals surface area contributed by atoms with Crippen molar-refractivity contribution in [3.63, 3.8) is 0 Å². The Morgan fingerprint density at radius 2 is 2.00 bits per heavy atom. The standard InChI is InChI=1S/C16H19N3O2/c1-3-4-5-12-6-8-13(9-7-12)19-16(20)14-10-15(21-2)18-11-17-14/h6-11H,3-5H2,1-2H3,(H,19,20). The van der Waals surface area contributed by atoms with E-state index in [2.05, 4.69) is 22.2 Å². The van der Waals surface area contributed by atoms with Crippen molar-refractivity contribution in [3.05, 3.63) is 47.9 Å². The molecule has 0 radical (unpaired) electrons. The number of anilines is 1. The number of carbonyl (C=O) groups is 1. The van der Waals surface area contributed by atoms with Crippen LogP contribution in [0.15, 0.2) is 36.7 Å². The van der Waals surface area contributed by atoms with Crippen LogP contribution in [0.2, 0.25) is 0 Å². The highest BCUT2D eigenvalue weighted by Gasteiger charge is 2.09. The number of aryl methyl sites for hydroxylation is 1. The van der Waals surface area contributed by atoms with Crippen molar-refractivity contribution in [1.29, 1.82) is 0 Å². The van der Waals surface area contributed by atoms with Crippen LogP contribution in [0.4, 0.5) is 5.69 Å². The lowest BCUT2D eigenvalue weighted by atomic mass is 10.1. The summed E-state index contributed by atoms with van der Waals surface area (Å²) in [6.07, 6.45) is 4.72. The number of carbonyl (C=O) groups excluding carboxylic acids is 1. The van der Waals surface area contributed by atoms with E-state index < -0.39 is 0 Å². The topological polar surface area (TPSA) is 64.1 Å². The number of amides is 1. The van der Waals surface area contributed by atoms with Gasteiger partial charge in [-0.2, -0.15) is 0 Å². The predicted octanol–water partition coefficient (Wildman–Crippen LogP) is 3.08. The Morgan fingerprint density at radius 1 is 1.24 bits per heavy atom. The zero-order chi connectivity index (χ0) is 15.1. The Labute approximate surface area is 124 Å². The maximum atomic E-state index is 12.1. The number of rotatable bonds is 6. The van der Waals surface area contributed by atoms with Crippen LogP contribution in [0.5, 0.6) is 5.88 Å². The molecule has 5 nitrogen and oxygen atoms in total. The fourth-order valence-electron chi connectivity index (χ4n) is 1.91. The molecule has 0 fully saturated rings. The van der Waals surface area contributed by atoms with Crippen molar-refractivity contribution in [1.82, 2.24) is 9.97 Å². The lowest BCUT2D eigenvalue weighted by Gasteiger charge is -2.06. The molecule has 1 N–H and O–H groups in total. The third-order valence-electron chi connectivity index (χ3n) is 3.11. The number of unbranched alkanes of at least 4 members (excludes halogenated alkanes) is 1. The lowest BCUT2D eigenvalue weighted by molar-refractivity contribution is 0.102. The van der Waals surface area contributed by atoms with Crippen molar-refractivity contribution in [2.24, 2.45) is 0 Å². The van der Waals surface area contributed by atoms with Crippen LogP contribution in [-0.4, -0.2) is 23.0 Å². The Bertz CT molecular complexity index is 597. The van der Waals surface area contributed by atoms with Crippen LogP contribution < -0.4 is 10.1 Å². The average Bonchev–Trinajstić information content (AvgIpc) is 2.54. The number of hydrogen-bond donors (Lipinski definition) is 1. The van der Waals surface area contributed by atoms with E-state index in [-0.39, 0.29) is 11.6 Å². The first-order chi connectivity index (χ1) is 10.2. The van der Waals surface area contributed by atoms with Gasteiger partial charge in [-0.3, -0.25) is 4.79 Å². The summed E-state index contributed by atoms with van der Waals surface area (Å²) in [5.74, 6) is 0.0853. The summed E-state index contributed by atoms with van der Waals surface area (Å²) < 4.78 is 4.98. The third-order valence-corrected chi connectivity index (χ3v) is 3.11. The first-order valence-corrected chi connectivity index (χ1v) is 6.99. The summed E-state index contributed by atoms with van der Waals surface area (Å²) in [5.41, 5.74) is 2.30. The largest absolute Gasteiger partial charge is 0.481 e. The normalized spacial score (nSPS) is 10.2. The van der Waals surface area contributed by atoms with Gasteiger partial charge in [-0.05, 0) is 30.5 Å². The van der Waals surface area contributed by atoms with Crippen molar-refractivity contribution in [3.8, 4) is 5.88 Å². The highest BCUT2D eigenvalue weighted by Crippen LogP contribution is 2.13. The molecule has 0 bridgehead atoms. The summed E-state index contributed by atoms with van der Waals surface area (Å²) in [7, 11) is 1.50. The molecule has 0 atom stereocenters. The summed E-state index contributed by atoms with van der Waals surface area (Å²) >= 11 is 0. The van der Waals surface area contributed by atoms with Gasteiger partial charge in [-0.25, -0.2) is 9.97 Å². The Hall–Kier alpha value is -2.43. The molecule has 0 spiro atoms. The van der Waals surface area contributed by atoms with Crippen LogP contribution >= 0.6 is 0 Å². The predicted molar refractivity (Wildman–Crippen MR) is 81.6 cm³/mol. The highest BCUT2D eigenvalue weighted by atomic mass is 16.5. The fraction of sp³-hybridized carbons (Fsp3) is 0.312. The highest BCUT2D eigenvalue weighted by molar-refractivity contribution is 6.02. The second kappa shape index (κ2) is 7.38. The maximum absolute atomic E-state index is 12.1. The van der Waals surface area contributed by atoms with E-state index in [0.717, 1.165) is 12.1 Å². The van der Waals surface area contributed by atoms with E-state index in [1.54, 1.807) is 0 Å². The van der Waals surface area contributed by atoms with Crippen molar-refractivity contribution in [2.45, 2.75) is 26.2 Å². The van der Waals surface area contributed by atoms with Gasteiger partial charge in [-0.1, -0.05) is 25.5 Å². The van der Waals surface area contributed by atoms with Crippen molar-refractivity contribution in [2.75, 3.05) is 12.4 Å². The van der Waals surface area contributed by atoms with Gasteiger partial charge in [0, 0.05) is 11.8 Å². The van der Waals surface area contributed by atoms with Gasteiger partial charge in [0.05, 0.1) is 7.11 Å². The zero-order valence-corrected chi connectivity index (χ0v) is 12.3. The van der Waals surface area contributed by atoms with Gasteiger partial charge in [0.15, 0.2) is 0 Å². The second-order valence-electron chi connectivity index (χ2n) is 4.70. The molecule has 1 amide bonds. The van der Waals surface area contributed by atoms with E-state index in [0.29, 0.717) is 5.88 Å². The fourth-order valence-corrected chi connectivity index (χ4v) is 1.91. The number of methoxy groups -OCH3 is 1. The third kappa shape index (κ3) is 4.27. The molecule has 0 unspecified atom stereocenters. The molecule has 1 heterocycles. The number of aromatic nitrogens is 2. The maximum Gasteiger partial charge on any atom is 0.274 e. The molecule has 0 aliphatic heterocycles. The first kappa shape index (κ1) is 15.0. The van der Waals surface area contributed by atoms with E-state index in [1.807, 2.05) is 24.3 Å². The minimum absolute atomic E-state index is 0.275. The molecule has 1 aromatic carbocycles. The molecule has 5 heteroatoms. The average molecular weight is 285 g/mol. The van der Waals surface area contributed by atoms with Crippen LogP contribution in [0, 0.1) is 0 Å². The van der Waals surface area contributed by atoms with Gasteiger partial charge in [0.25, 0.3) is 5.91 Å². The summed E-state index contributed by atoms with van der Waals surface area (Å²) in [6.45, 7) is 2.17. The van der Waals surface area contributed by atoms with Crippen LogP contribution in [0.25, 0.3) is 0 Å². The van der Waals surface area contributed by atoms with Crippen LogP contribution in [-0.2, 0) is 6.42 Å². The number of nitrogens with zero attached hydrogens (tertiary/aromatic N) is 2. The minimum atomic E-state index is -0.281. The molecular weight excluding hydrogens is 266 g/mol. The molecule has 2 aromatic rings. The van der Waals surface area contributed by atoms with Gasteiger partial charge in [0.1, 0.15) is 12.0 Å². The molecule has 110 valence electrons. The first-order valence-electron chi connectivity index (χ1n) is 6.99. The Balaban J connectivity index is 2.01. The molecule has 1 aromatic heterocycles. The SMILES string of the molecule is CCCCc1ccc(NC(=O)c2cc(OC)ncn2)cc1. The van der Waals surface area contributed by atoms with E-state index in [9.17, 15) is 4.79 Å². The smallest absolute Gasteiger partial charge is 0.274 e. The van der Waals surface area contributed by atoms with Crippen molar-refractivity contribution < 1.29 is 9.53 Å². The number of benzene rings is 1. The number of nitrogens with one attached hydrogen (secondary N) is 1. The Kier molecular flexibility index (Phi) is 5.26. The van der Waals surface area contributed by atoms with E-state index in [1.165, 1.54) is 37.9 Å². The van der Waals surface area contributed by atoms with Gasteiger partial charge in [-0.15, -0.1) is 0 Å². The zero-order valence-electron chi connectivity index (χ0n) is 12.3. The molecule has 0 saturated carbocycles. The Morgan fingerprint density at radius 3 is 2.67 bits per heavy atom. The number of hydrogen-bond acceptors (Lipinski definition) is 4. The quantitative estimate of drug-likeness (QED) is 0.886. The second-order valence-corrected chi connectivity index (χ2v) is 4.70. The minimum Gasteiger partial charge on any atom is -0.481 e. The summed E-state index contributed by atoms with van der Waals surface area (Å²) in [6, 6.07) is 9.38. The van der Waals surface area contributed by atoms with Gasteiger partial charge in [0.2, 0.25) is 5.88 Å². The lowest BCUT2D eigenvalue weighted by Crippen LogP contribution is -2.14. The molecular formula is C16H19N3O2. The summed E-state index contributed by atoms with van der Waals surface area (Å²) in [5, 5.41) is 2.81. The van der Waals surface area contributed by atoms with Gasteiger partial charge >= 0.3 is 0 Å². The molecule has 0 saturated heterocycles. The monoisotopic (exact) mass is 285 g/mol. The van der Waals surface area contributed by atoms with Crippen LogP contribution in [0.1, 0.15) is 35.8 Å².